The van der Waals surface area contributed by atoms with Crippen LogP contribution in [0.25, 0.3) is 0 Å². The van der Waals surface area contributed by atoms with Crippen LogP contribution in [0.15, 0.2) is 77.7 Å². The fraction of sp³-hybridized carbons (Fsp3) is 0.208. The van der Waals surface area contributed by atoms with Crippen molar-refractivity contribution in [3.8, 4) is 0 Å². The summed E-state index contributed by atoms with van der Waals surface area (Å²) in [5.41, 5.74) is 2.18. The monoisotopic (exact) mass is 440 g/mol. The summed E-state index contributed by atoms with van der Waals surface area (Å²) >= 11 is 0. The molecule has 0 heterocycles. The largest absolute Gasteiger partial charge is 0.322 e. The Morgan fingerprint density at radius 3 is 2.23 bits per heavy atom. The zero-order chi connectivity index (χ0) is 22.6. The van der Waals surface area contributed by atoms with Gasteiger partial charge in [-0.05, 0) is 60.9 Å². The predicted molar refractivity (Wildman–Crippen MR) is 122 cm³/mol. The Hall–Kier alpha value is -3.19. The van der Waals surface area contributed by atoms with Gasteiger partial charge in [0, 0.05) is 17.8 Å². The molecule has 0 atom stereocenters. The quantitative estimate of drug-likeness (QED) is 0.534. The molecule has 1 N–H and O–H groups in total. The van der Waals surface area contributed by atoms with E-state index >= 15 is 0 Å². The van der Waals surface area contributed by atoms with Gasteiger partial charge in [-0.1, -0.05) is 44.2 Å². The van der Waals surface area contributed by atoms with Crippen molar-refractivity contribution in [2.24, 2.45) is 0 Å². The molecule has 1 amide bonds. The first-order valence-electron chi connectivity index (χ1n) is 10.0. The van der Waals surface area contributed by atoms with Gasteiger partial charge in [0.15, 0.2) is 0 Å². The number of benzene rings is 3. The van der Waals surface area contributed by atoms with Gasteiger partial charge < -0.3 is 5.32 Å². The van der Waals surface area contributed by atoms with Crippen molar-refractivity contribution in [1.82, 2.24) is 0 Å². The number of halogens is 1. The third-order valence-corrected chi connectivity index (χ3v) is 6.85. The van der Waals surface area contributed by atoms with E-state index in [1.165, 1.54) is 6.07 Å². The summed E-state index contributed by atoms with van der Waals surface area (Å²) in [6.07, 6.45) is 0. The molecule has 162 valence electrons. The Bertz CT molecular complexity index is 1160. The molecule has 0 aliphatic heterocycles. The Kier molecular flexibility index (Phi) is 6.75. The molecule has 0 saturated carbocycles. The maximum Gasteiger partial charge on any atom is 0.267 e. The maximum absolute atomic E-state index is 14.6. The van der Waals surface area contributed by atoms with Crippen LogP contribution in [-0.4, -0.2) is 20.9 Å². The third-order valence-electron chi connectivity index (χ3n) is 4.93. The fourth-order valence-corrected chi connectivity index (χ4v) is 4.77. The first kappa shape index (κ1) is 22.5. The van der Waals surface area contributed by atoms with E-state index in [-0.39, 0.29) is 12.1 Å². The van der Waals surface area contributed by atoms with Gasteiger partial charge >= 0.3 is 0 Å². The number of hydrogen-bond acceptors (Lipinski definition) is 3. The predicted octanol–water partition coefficient (Wildman–Crippen LogP) is 5.42. The summed E-state index contributed by atoms with van der Waals surface area (Å²) in [4.78, 5) is 12.2. The Labute approximate surface area is 182 Å². The number of anilines is 2. The molecule has 0 aromatic heterocycles. The molecule has 3 rings (SSSR count). The summed E-state index contributed by atoms with van der Waals surface area (Å²) in [6.45, 7) is 5.93. The van der Waals surface area contributed by atoms with Crippen LogP contribution in [-0.2, 0) is 10.0 Å². The summed E-state index contributed by atoms with van der Waals surface area (Å²) in [5, 5.41) is 2.73. The van der Waals surface area contributed by atoms with Crippen molar-refractivity contribution in [3.63, 3.8) is 0 Å². The van der Waals surface area contributed by atoms with E-state index in [0.29, 0.717) is 17.3 Å². The molecule has 0 aliphatic carbocycles. The van der Waals surface area contributed by atoms with E-state index in [4.69, 9.17) is 0 Å². The van der Waals surface area contributed by atoms with Crippen LogP contribution in [0.2, 0.25) is 0 Å². The molecule has 3 aromatic rings. The molecule has 0 fully saturated rings. The van der Waals surface area contributed by atoms with Crippen LogP contribution in [0, 0.1) is 5.82 Å². The molecular weight excluding hydrogens is 415 g/mol. The van der Waals surface area contributed by atoms with Gasteiger partial charge in [0.25, 0.3) is 15.9 Å². The van der Waals surface area contributed by atoms with E-state index in [0.717, 1.165) is 22.0 Å². The Morgan fingerprint density at radius 1 is 1.00 bits per heavy atom. The first-order chi connectivity index (χ1) is 14.7. The molecule has 31 heavy (non-hydrogen) atoms. The molecule has 3 aromatic carbocycles. The number of carbonyl (C=O) groups excluding carboxylic acids is 1. The minimum Gasteiger partial charge on any atom is -0.322 e. The zero-order valence-corrected chi connectivity index (χ0v) is 18.5. The Morgan fingerprint density at radius 2 is 1.65 bits per heavy atom. The van der Waals surface area contributed by atoms with E-state index in [1.807, 2.05) is 12.1 Å². The number of carbonyl (C=O) groups is 1. The van der Waals surface area contributed by atoms with Crippen molar-refractivity contribution in [2.45, 2.75) is 31.6 Å². The van der Waals surface area contributed by atoms with Crippen LogP contribution in [0.1, 0.15) is 42.6 Å². The van der Waals surface area contributed by atoms with Crippen molar-refractivity contribution >= 4 is 27.3 Å². The highest BCUT2D eigenvalue weighted by molar-refractivity contribution is 7.92. The topological polar surface area (TPSA) is 66.5 Å². The van der Waals surface area contributed by atoms with E-state index < -0.39 is 26.6 Å². The SMILES string of the molecule is CCN(c1ccccc1)S(=O)(=O)c1cc(C(=O)Nc2ccc(C(C)C)cc2)ccc1F. The van der Waals surface area contributed by atoms with Gasteiger partial charge in [-0.2, -0.15) is 0 Å². The second-order valence-corrected chi connectivity index (χ2v) is 9.21. The fourth-order valence-electron chi connectivity index (χ4n) is 3.20. The number of nitrogens with zero attached hydrogens (tertiary/aromatic N) is 1. The molecule has 0 bridgehead atoms. The van der Waals surface area contributed by atoms with Gasteiger partial charge in [-0.3, -0.25) is 9.10 Å². The lowest BCUT2D eigenvalue weighted by Crippen LogP contribution is -2.31. The summed E-state index contributed by atoms with van der Waals surface area (Å²) in [5.74, 6) is -1.07. The van der Waals surface area contributed by atoms with E-state index in [1.54, 1.807) is 49.4 Å². The van der Waals surface area contributed by atoms with Crippen LogP contribution >= 0.6 is 0 Å². The van der Waals surface area contributed by atoms with Crippen LogP contribution in [0.5, 0.6) is 0 Å². The number of para-hydroxylation sites is 1. The lowest BCUT2D eigenvalue weighted by molar-refractivity contribution is 0.102. The average molecular weight is 441 g/mol. The number of amides is 1. The second kappa shape index (κ2) is 9.31. The average Bonchev–Trinajstić information content (AvgIpc) is 2.75. The number of hydrogen-bond donors (Lipinski definition) is 1. The normalized spacial score (nSPS) is 11.4. The lowest BCUT2D eigenvalue weighted by Gasteiger charge is -2.23. The number of rotatable bonds is 7. The lowest BCUT2D eigenvalue weighted by atomic mass is 10.0. The minimum atomic E-state index is -4.20. The van der Waals surface area contributed by atoms with Gasteiger partial charge in [-0.15, -0.1) is 0 Å². The molecular formula is C24H25FN2O3S. The van der Waals surface area contributed by atoms with Gasteiger partial charge in [0.1, 0.15) is 10.7 Å². The van der Waals surface area contributed by atoms with Crippen LogP contribution in [0.4, 0.5) is 15.8 Å². The number of sulfonamides is 1. The van der Waals surface area contributed by atoms with Crippen molar-refractivity contribution in [1.29, 1.82) is 0 Å². The van der Waals surface area contributed by atoms with Gasteiger partial charge in [-0.25, -0.2) is 12.8 Å². The minimum absolute atomic E-state index is 0.0528. The maximum atomic E-state index is 14.6. The summed E-state index contributed by atoms with van der Waals surface area (Å²) < 4.78 is 42.0. The molecule has 7 heteroatoms. The standard InChI is InChI=1S/C24H25FN2O3S/c1-4-27(21-8-6-5-7-9-21)31(29,30)23-16-19(12-15-22(23)25)24(28)26-20-13-10-18(11-14-20)17(2)3/h5-17H,4H2,1-3H3,(H,26,28). The zero-order valence-electron chi connectivity index (χ0n) is 17.7. The second-order valence-electron chi connectivity index (χ2n) is 7.38. The Balaban J connectivity index is 1.91. The van der Waals surface area contributed by atoms with E-state index in [9.17, 15) is 17.6 Å². The summed E-state index contributed by atoms with van der Waals surface area (Å²) in [6, 6.07) is 19.2. The van der Waals surface area contributed by atoms with Crippen molar-refractivity contribution in [2.75, 3.05) is 16.2 Å². The highest BCUT2D eigenvalue weighted by atomic mass is 32.2. The number of nitrogens with one attached hydrogen (secondary N) is 1. The van der Waals surface area contributed by atoms with Crippen molar-refractivity contribution < 1.29 is 17.6 Å². The third kappa shape index (κ3) is 4.94. The van der Waals surface area contributed by atoms with Gasteiger partial charge in [0.2, 0.25) is 0 Å². The first-order valence-corrected chi connectivity index (χ1v) is 11.5. The van der Waals surface area contributed by atoms with Crippen LogP contribution in [0.3, 0.4) is 0 Å². The van der Waals surface area contributed by atoms with Crippen LogP contribution < -0.4 is 9.62 Å². The molecule has 0 saturated heterocycles. The summed E-state index contributed by atoms with van der Waals surface area (Å²) in [7, 11) is -4.20. The highest BCUT2D eigenvalue weighted by Gasteiger charge is 2.28. The molecule has 0 unspecified atom stereocenters. The molecule has 0 radical (unpaired) electrons. The molecule has 0 spiro atoms. The van der Waals surface area contributed by atoms with Crippen molar-refractivity contribution in [3.05, 3.63) is 89.7 Å². The van der Waals surface area contributed by atoms with E-state index in [2.05, 4.69) is 19.2 Å². The molecule has 0 aliphatic rings. The smallest absolute Gasteiger partial charge is 0.267 e. The van der Waals surface area contributed by atoms with Gasteiger partial charge in [0.05, 0.1) is 5.69 Å². The molecule has 5 nitrogen and oxygen atoms in total. The highest BCUT2D eigenvalue weighted by Crippen LogP contribution is 2.26.